The third kappa shape index (κ3) is 5.11. The molecule has 0 aliphatic carbocycles. The third-order valence-electron chi connectivity index (χ3n) is 4.22. The maximum Gasteiger partial charge on any atom is 0.254 e. The molecular weight excluding hydrogens is 363 g/mol. The van der Waals surface area contributed by atoms with Gasteiger partial charge in [0.2, 0.25) is 5.89 Å². The van der Waals surface area contributed by atoms with E-state index < -0.39 is 0 Å². The van der Waals surface area contributed by atoms with Gasteiger partial charge in [-0.05, 0) is 32.0 Å². The molecule has 1 aromatic carbocycles. The molecule has 1 fully saturated rings. The summed E-state index contributed by atoms with van der Waals surface area (Å²) < 4.78 is 5.63. The molecule has 1 amide bonds. The van der Waals surface area contributed by atoms with E-state index in [0.717, 1.165) is 30.4 Å². The van der Waals surface area contributed by atoms with Crippen molar-refractivity contribution in [2.24, 2.45) is 0 Å². The number of carbonyl (C=O) groups is 1. The van der Waals surface area contributed by atoms with Crippen LogP contribution in [0.5, 0.6) is 0 Å². The number of aryl methyl sites for hydroxylation is 2. The highest BCUT2D eigenvalue weighted by atomic mass is 35.5. The van der Waals surface area contributed by atoms with Gasteiger partial charge in [-0.2, -0.15) is 0 Å². The first-order chi connectivity index (χ1) is 11.0. The van der Waals surface area contributed by atoms with Crippen molar-refractivity contribution in [3.8, 4) is 0 Å². The lowest BCUT2D eigenvalue weighted by molar-refractivity contribution is 0.0618. The lowest BCUT2D eigenvalue weighted by Gasteiger charge is -2.34. The van der Waals surface area contributed by atoms with E-state index in [4.69, 9.17) is 10.2 Å². The zero-order chi connectivity index (χ0) is 16.4. The van der Waals surface area contributed by atoms with Gasteiger partial charge in [-0.25, -0.2) is 4.98 Å². The number of anilines is 1. The Morgan fingerprint density at radius 3 is 2.44 bits per heavy atom. The summed E-state index contributed by atoms with van der Waals surface area (Å²) in [5.74, 6) is 1.66. The molecule has 3 rings (SSSR count). The van der Waals surface area contributed by atoms with Crippen LogP contribution in [0.4, 0.5) is 5.69 Å². The molecule has 2 N–H and O–H groups in total. The minimum atomic E-state index is 0. The van der Waals surface area contributed by atoms with Crippen LogP contribution in [0.2, 0.25) is 0 Å². The molecule has 1 aromatic heterocycles. The quantitative estimate of drug-likeness (QED) is 0.820. The van der Waals surface area contributed by atoms with Crippen molar-refractivity contribution in [3.05, 3.63) is 47.2 Å². The summed E-state index contributed by atoms with van der Waals surface area (Å²) in [4.78, 5) is 21.0. The van der Waals surface area contributed by atoms with Crippen LogP contribution in [0.3, 0.4) is 0 Å². The number of aromatic nitrogens is 1. The molecule has 25 heavy (non-hydrogen) atoms. The summed E-state index contributed by atoms with van der Waals surface area (Å²) in [6, 6.07) is 7.14. The number of nitrogen functional groups attached to an aromatic ring is 1. The van der Waals surface area contributed by atoms with Crippen LogP contribution in [0.25, 0.3) is 0 Å². The van der Waals surface area contributed by atoms with Crippen molar-refractivity contribution in [2.75, 3.05) is 31.9 Å². The van der Waals surface area contributed by atoms with Gasteiger partial charge in [-0.1, -0.05) is 6.07 Å². The number of hydrogen-bond acceptors (Lipinski definition) is 5. The average Bonchev–Trinajstić information content (AvgIpc) is 2.85. The van der Waals surface area contributed by atoms with E-state index in [9.17, 15) is 4.79 Å². The molecule has 0 radical (unpaired) electrons. The van der Waals surface area contributed by atoms with Crippen LogP contribution < -0.4 is 5.73 Å². The van der Waals surface area contributed by atoms with Crippen molar-refractivity contribution >= 4 is 36.4 Å². The number of rotatable bonds is 3. The van der Waals surface area contributed by atoms with Crippen molar-refractivity contribution in [3.63, 3.8) is 0 Å². The molecule has 0 spiro atoms. The predicted molar refractivity (Wildman–Crippen MR) is 103 cm³/mol. The summed E-state index contributed by atoms with van der Waals surface area (Å²) in [5, 5.41) is 0. The molecule has 0 bridgehead atoms. The first-order valence-corrected chi connectivity index (χ1v) is 7.83. The summed E-state index contributed by atoms with van der Waals surface area (Å²) in [6.45, 7) is 7.59. The van der Waals surface area contributed by atoms with Crippen molar-refractivity contribution in [2.45, 2.75) is 20.4 Å². The number of piperazine rings is 1. The van der Waals surface area contributed by atoms with Gasteiger partial charge in [-0.3, -0.25) is 9.69 Å². The largest absolute Gasteiger partial charge is 0.444 e. The van der Waals surface area contributed by atoms with Crippen LogP contribution in [-0.4, -0.2) is 46.9 Å². The normalized spacial score (nSPS) is 14.6. The molecule has 1 saturated heterocycles. The Morgan fingerprint density at radius 1 is 1.20 bits per heavy atom. The maximum absolute atomic E-state index is 12.5. The van der Waals surface area contributed by atoms with Gasteiger partial charge in [0, 0.05) is 37.4 Å². The second-order valence-electron chi connectivity index (χ2n) is 5.94. The zero-order valence-corrected chi connectivity index (χ0v) is 16.0. The van der Waals surface area contributed by atoms with E-state index in [1.54, 1.807) is 12.1 Å². The van der Waals surface area contributed by atoms with E-state index in [2.05, 4.69) is 9.88 Å². The Hall–Kier alpha value is -1.76. The number of halogens is 2. The number of nitrogens with zero attached hydrogens (tertiary/aromatic N) is 3. The number of amides is 1. The van der Waals surface area contributed by atoms with E-state index in [1.165, 1.54) is 0 Å². The fourth-order valence-corrected chi connectivity index (χ4v) is 2.76. The molecule has 8 heteroatoms. The smallest absolute Gasteiger partial charge is 0.254 e. The summed E-state index contributed by atoms with van der Waals surface area (Å²) >= 11 is 0. The Balaban J connectivity index is 0.00000156. The summed E-state index contributed by atoms with van der Waals surface area (Å²) in [6.07, 6.45) is 0. The monoisotopic (exact) mass is 386 g/mol. The van der Waals surface area contributed by atoms with Crippen molar-refractivity contribution < 1.29 is 9.21 Å². The molecule has 2 heterocycles. The number of nitrogens with two attached hydrogens (primary N) is 1. The molecule has 6 nitrogen and oxygen atoms in total. The number of hydrogen-bond donors (Lipinski definition) is 1. The first-order valence-electron chi connectivity index (χ1n) is 7.83. The van der Waals surface area contributed by atoms with Gasteiger partial charge < -0.3 is 15.1 Å². The van der Waals surface area contributed by atoms with Gasteiger partial charge in [0.25, 0.3) is 5.91 Å². The average molecular weight is 387 g/mol. The van der Waals surface area contributed by atoms with Gasteiger partial charge in [0.15, 0.2) is 0 Å². The van der Waals surface area contributed by atoms with Gasteiger partial charge in [-0.15, -0.1) is 24.8 Å². The molecular formula is C17H24Cl2N4O2. The van der Waals surface area contributed by atoms with Crippen molar-refractivity contribution in [1.29, 1.82) is 0 Å². The van der Waals surface area contributed by atoms with Crippen LogP contribution in [0.1, 0.15) is 27.7 Å². The van der Waals surface area contributed by atoms with Crippen LogP contribution >= 0.6 is 24.8 Å². The highest BCUT2D eigenvalue weighted by molar-refractivity contribution is 5.95. The lowest BCUT2D eigenvalue weighted by atomic mass is 10.1. The van der Waals surface area contributed by atoms with E-state index >= 15 is 0 Å². The number of oxazole rings is 1. The van der Waals surface area contributed by atoms with Crippen LogP contribution in [0, 0.1) is 13.8 Å². The Labute approximate surface area is 160 Å². The second kappa shape index (κ2) is 9.08. The van der Waals surface area contributed by atoms with Gasteiger partial charge in [0.05, 0.1) is 12.2 Å². The van der Waals surface area contributed by atoms with Crippen molar-refractivity contribution in [1.82, 2.24) is 14.8 Å². The highest BCUT2D eigenvalue weighted by Crippen LogP contribution is 2.15. The minimum Gasteiger partial charge on any atom is -0.444 e. The van der Waals surface area contributed by atoms with Crippen LogP contribution in [-0.2, 0) is 6.54 Å². The Kier molecular flexibility index (Phi) is 7.73. The predicted octanol–water partition coefficient (Wildman–Crippen LogP) is 2.68. The minimum absolute atomic E-state index is 0. The summed E-state index contributed by atoms with van der Waals surface area (Å²) in [7, 11) is 0. The fraction of sp³-hybridized carbons (Fsp3) is 0.412. The molecule has 0 saturated carbocycles. The second-order valence-corrected chi connectivity index (χ2v) is 5.94. The highest BCUT2D eigenvalue weighted by Gasteiger charge is 2.23. The van der Waals surface area contributed by atoms with Gasteiger partial charge in [0.1, 0.15) is 5.76 Å². The molecule has 138 valence electrons. The standard InChI is InChI=1S/C17H22N4O2.2ClH/c1-12-13(2)23-16(19-12)11-20-6-8-21(9-7-20)17(22)14-4-3-5-15(18)10-14;;/h3-5,10H,6-9,11,18H2,1-2H3;2*1H. The topological polar surface area (TPSA) is 75.6 Å². The maximum atomic E-state index is 12.5. The van der Waals surface area contributed by atoms with E-state index in [-0.39, 0.29) is 30.7 Å². The SMILES string of the molecule is Cc1nc(CN2CCN(C(=O)c3cccc(N)c3)CC2)oc1C.Cl.Cl. The number of benzene rings is 1. The van der Waals surface area contributed by atoms with E-state index in [0.29, 0.717) is 30.9 Å². The molecule has 1 aliphatic rings. The molecule has 0 atom stereocenters. The number of carbonyl (C=O) groups excluding carboxylic acids is 1. The molecule has 1 aliphatic heterocycles. The first kappa shape index (κ1) is 21.3. The van der Waals surface area contributed by atoms with E-state index in [1.807, 2.05) is 30.9 Å². The fourth-order valence-electron chi connectivity index (χ4n) is 2.76. The Morgan fingerprint density at radius 2 is 1.88 bits per heavy atom. The molecule has 0 unspecified atom stereocenters. The Bertz CT molecular complexity index is 693. The third-order valence-corrected chi connectivity index (χ3v) is 4.22. The molecule has 2 aromatic rings. The lowest BCUT2D eigenvalue weighted by Crippen LogP contribution is -2.48. The summed E-state index contributed by atoms with van der Waals surface area (Å²) in [5.41, 5.74) is 7.96. The van der Waals surface area contributed by atoms with Crippen LogP contribution in [0.15, 0.2) is 28.7 Å². The van der Waals surface area contributed by atoms with Gasteiger partial charge >= 0.3 is 0 Å². The zero-order valence-electron chi connectivity index (χ0n) is 14.4.